The Morgan fingerprint density at radius 1 is 1.13 bits per heavy atom. The number of anilines is 1. The van der Waals surface area contributed by atoms with Crippen LogP contribution in [0.15, 0.2) is 35.3 Å². The number of para-hydroxylation sites is 1. The molecule has 1 amide bonds. The van der Waals surface area contributed by atoms with E-state index >= 15 is 0 Å². The number of ether oxygens (including phenoxy) is 1. The molecule has 2 heterocycles. The van der Waals surface area contributed by atoms with E-state index in [0.29, 0.717) is 18.6 Å². The Bertz CT molecular complexity index is 665. The van der Waals surface area contributed by atoms with Gasteiger partial charge in [0.2, 0.25) is 0 Å². The van der Waals surface area contributed by atoms with Crippen LogP contribution in [0.2, 0.25) is 0 Å². The lowest BCUT2D eigenvalue weighted by Crippen LogP contribution is -2.50. The van der Waals surface area contributed by atoms with Crippen LogP contribution in [0, 0.1) is 5.92 Å². The molecule has 3 rings (SSSR count). The minimum absolute atomic E-state index is 0. The van der Waals surface area contributed by atoms with Crippen LogP contribution < -0.4 is 15.5 Å². The van der Waals surface area contributed by atoms with Gasteiger partial charge in [-0.1, -0.05) is 18.2 Å². The summed E-state index contributed by atoms with van der Waals surface area (Å²) in [5, 5.41) is 6.93. The SMILES string of the molecule is CCNC(=NCC1CCN(c2ccccc2)C1)NC1CCN(C(=O)OCC)CC1.I. The van der Waals surface area contributed by atoms with E-state index in [9.17, 15) is 4.79 Å². The number of guanidine groups is 1. The number of hydrogen-bond donors (Lipinski definition) is 2. The van der Waals surface area contributed by atoms with Crippen LogP contribution >= 0.6 is 24.0 Å². The van der Waals surface area contributed by atoms with Gasteiger partial charge >= 0.3 is 6.09 Å². The summed E-state index contributed by atoms with van der Waals surface area (Å²) in [6.07, 6.45) is 2.80. The predicted octanol–water partition coefficient (Wildman–Crippen LogP) is 3.31. The second-order valence-electron chi connectivity index (χ2n) is 7.76. The lowest BCUT2D eigenvalue weighted by molar-refractivity contribution is 0.0963. The molecule has 1 aromatic rings. The van der Waals surface area contributed by atoms with Crippen LogP contribution in [0.5, 0.6) is 0 Å². The number of carbonyl (C=O) groups is 1. The van der Waals surface area contributed by atoms with Gasteiger partial charge in [-0.15, -0.1) is 24.0 Å². The second kappa shape index (κ2) is 12.9. The van der Waals surface area contributed by atoms with Gasteiger partial charge in [-0.3, -0.25) is 4.99 Å². The first kappa shape index (κ1) is 24.6. The van der Waals surface area contributed by atoms with Crippen LogP contribution in [0.4, 0.5) is 10.5 Å². The van der Waals surface area contributed by atoms with E-state index in [-0.39, 0.29) is 30.1 Å². The molecule has 0 aliphatic carbocycles. The molecule has 0 radical (unpaired) electrons. The first-order valence-electron chi connectivity index (χ1n) is 11.0. The van der Waals surface area contributed by atoms with Crippen LogP contribution in [0.25, 0.3) is 0 Å². The zero-order valence-corrected chi connectivity index (χ0v) is 20.5. The molecule has 0 spiro atoms. The van der Waals surface area contributed by atoms with E-state index in [1.54, 1.807) is 4.90 Å². The quantitative estimate of drug-likeness (QED) is 0.336. The number of nitrogens with zero attached hydrogens (tertiary/aromatic N) is 3. The van der Waals surface area contributed by atoms with Crippen molar-refractivity contribution in [2.75, 3.05) is 50.8 Å². The zero-order valence-electron chi connectivity index (χ0n) is 18.2. The smallest absolute Gasteiger partial charge is 0.409 e. The summed E-state index contributed by atoms with van der Waals surface area (Å²) >= 11 is 0. The maximum Gasteiger partial charge on any atom is 0.409 e. The predicted molar refractivity (Wildman–Crippen MR) is 133 cm³/mol. The third-order valence-electron chi connectivity index (χ3n) is 5.62. The molecular weight excluding hydrogens is 493 g/mol. The number of carbonyl (C=O) groups excluding carboxylic acids is 1. The summed E-state index contributed by atoms with van der Waals surface area (Å²) in [4.78, 5) is 21.0. The maximum absolute atomic E-state index is 11.9. The summed E-state index contributed by atoms with van der Waals surface area (Å²) in [5.74, 6) is 1.47. The number of benzene rings is 1. The fourth-order valence-electron chi connectivity index (χ4n) is 4.01. The molecule has 1 atom stereocenters. The van der Waals surface area contributed by atoms with Gasteiger partial charge in [0.15, 0.2) is 5.96 Å². The fourth-order valence-corrected chi connectivity index (χ4v) is 4.01. The highest BCUT2D eigenvalue weighted by atomic mass is 127. The average Bonchev–Trinajstić information content (AvgIpc) is 3.23. The van der Waals surface area contributed by atoms with Crippen LogP contribution in [-0.2, 0) is 4.74 Å². The summed E-state index contributed by atoms with van der Waals surface area (Å²) in [7, 11) is 0. The summed E-state index contributed by atoms with van der Waals surface area (Å²) < 4.78 is 5.10. The van der Waals surface area contributed by atoms with Gasteiger partial charge in [-0.2, -0.15) is 0 Å². The Morgan fingerprint density at radius 2 is 1.87 bits per heavy atom. The average molecular weight is 529 g/mol. The number of amides is 1. The Balaban J connectivity index is 0.00000320. The van der Waals surface area contributed by atoms with Crippen molar-refractivity contribution < 1.29 is 9.53 Å². The molecule has 30 heavy (non-hydrogen) atoms. The first-order valence-corrected chi connectivity index (χ1v) is 11.0. The Labute approximate surface area is 197 Å². The highest BCUT2D eigenvalue weighted by molar-refractivity contribution is 14.0. The lowest BCUT2D eigenvalue weighted by atomic mass is 10.1. The highest BCUT2D eigenvalue weighted by Gasteiger charge is 2.25. The Morgan fingerprint density at radius 3 is 2.53 bits per heavy atom. The number of halogens is 1. The van der Waals surface area contributed by atoms with E-state index in [1.807, 2.05) is 6.92 Å². The van der Waals surface area contributed by atoms with E-state index in [0.717, 1.165) is 58.1 Å². The van der Waals surface area contributed by atoms with E-state index in [1.165, 1.54) is 12.1 Å². The number of likely N-dealkylation sites (tertiary alicyclic amines) is 1. The van der Waals surface area contributed by atoms with Gasteiger partial charge in [0, 0.05) is 51.0 Å². The van der Waals surface area contributed by atoms with Crippen molar-refractivity contribution in [3.05, 3.63) is 30.3 Å². The third kappa shape index (κ3) is 7.21. The van der Waals surface area contributed by atoms with Gasteiger partial charge in [-0.25, -0.2) is 4.79 Å². The van der Waals surface area contributed by atoms with Crippen LogP contribution in [-0.4, -0.2) is 68.9 Å². The van der Waals surface area contributed by atoms with Gasteiger partial charge < -0.3 is 25.2 Å². The summed E-state index contributed by atoms with van der Waals surface area (Å²) in [6.45, 7) is 9.65. The van der Waals surface area contributed by atoms with E-state index in [2.05, 4.69) is 52.8 Å². The van der Waals surface area contributed by atoms with Gasteiger partial charge in [0.25, 0.3) is 0 Å². The van der Waals surface area contributed by atoms with Crippen LogP contribution in [0.3, 0.4) is 0 Å². The Hall–Kier alpha value is -1.71. The molecule has 8 heteroatoms. The molecule has 0 aromatic heterocycles. The van der Waals surface area contributed by atoms with Gasteiger partial charge in [0.05, 0.1) is 6.61 Å². The Kier molecular flexibility index (Phi) is 10.5. The van der Waals surface area contributed by atoms with Crippen molar-refractivity contribution in [3.8, 4) is 0 Å². The van der Waals surface area contributed by atoms with E-state index in [4.69, 9.17) is 9.73 Å². The van der Waals surface area contributed by atoms with Gasteiger partial charge in [0.1, 0.15) is 0 Å². The molecule has 2 saturated heterocycles. The molecule has 1 unspecified atom stereocenters. The fraction of sp³-hybridized carbons (Fsp3) is 0.636. The lowest BCUT2D eigenvalue weighted by Gasteiger charge is -2.32. The minimum atomic E-state index is -0.198. The standard InChI is InChI=1S/C22H35N5O2.HI/c1-3-23-21(25-19-11-14-26(15-12-19)22(28)29-4-2)24-16-18-10-13-27(17-18)20-8-6-5-7-9-20;/h5-9,18-19H,3-4,10-17H2,1-2H3,(H2,23,24,25);1H. The highest BCUT2D eigenvalue weighted by Crippen LogP contribution is 2.23. The molecule has 2 aliphatic heterocycles. The molecule has 0 bridgehead atoms. The molecule has 2 N–H and O–H groups in total. The van der Waals surface area contributed by atoms with Crippen molar-refractivity contribution in [1.82, 2.24) is 15.5 Å². The molecule has 2 aliphatic rings. The van der Waals surface area contributed by atoms with E-state index < -0.39 is 0 Å². The normalized spacial score (nSPS) is 19.9. The summed E-state index contributed by atoms with van der Waals surface area (Å²) in [5.41, 5.74) is 1.30. The first-order chi connectivity index (χ1) is 14.2. The number of hydrogen-bond acceptors (Lipinski definition) is 4. The topological polar surface area (TPSA) is 69.2 Å². The number of rotatable bonds is 6. The number of nitrogens with one attached hydrogen (secondary N) is 2. The van der Waals surface area contributed by atoms with Crippen molar-refractivity contribution in [2.45, 2.75) is 39.2 Å². The van der Waals surface area contributed by atoms with Crippen LogP contribution in [0.1, 0.15) is 33.1 Å². The van der Waals surface area contributed by atoms with Crippen molar-refractivity contribution in [1.29, 1.82) is 0 Å². The summed E-state index contributed by atoms with van der Waals surface area (Å²) in [6, 6.07) is 11.0. The molecular formula is C22H36IN5O2. The monoisotopic (exact) mass is 529 g/mol. The van der Waals surface area contributed by atoms with Crippen molar-refractivity contribution in [2.24, 2.45) is 10.9 Å². The van der Waals surface area contributed by atoms with Crippen molar-refractivity contribution >= 4 is 41.7 Å². The third-order valence-corrected chi connectivity index (χ3v) is 5.62. The second-order valence-corrected chi connectivity index (χ2v) is 7.76. The molecule has 1 aromatic carbocycles. The minimum Gasteiger partial charge on any atom is -0.450 e. The molecule has 2 fully saturated rings. The largest absolute Gasteiger partial charge is 0.450 e. The maximum atomic E-state index is 11.9. The molecule has 168 valence electrons. The molecule has 7 nitrogen and oxygen atoms in total. The molecule has 0 saturated carbocycles. The zero-order chi connectivity index (χ0) is 20.5. The van der Waals surface area contributed by atoms with Crippen molar-refractivity contribution in [3.63, 3.8) is 0 Å². The van der Waals surface area contributed by atoms with Gasteiger partial charge in [-0.05, 0) is 51.2 Å². The number of aliphatic imine (C=N–C) groups is 1. The number of piperidine rings is 1.